The number of anilines is 3. The van der Waals surface area contributed by atoms with Crippen LogP contribution in [0.5, 0.6) is 0 Å². The Hall–Kier alpha value is -4.45. The molecule has 2 fully saturated rings. The molecule has 3 aromatic heterocycles. The summed E-state index contributed by atoms with van der Waals surface area (Å²) < 4.78 is 15.9. The third-order valence-electron chi connectivity index (χ3n) is 7.90. The van der Waals surface area contributed by atoms with Gasteiger partial charge in [0.2, 0.25) is 11.7 Å². The van der Waals surface area contributed by atoms with Crippen LogP contribution in [-0.4, -0.2) is 64.5 Å². The summed E-state index contributed by atoms with van der Waals surface area (Å²) in [5.41, 5.74) is 3.25. The van der Waals surface area contributed by atoms with Gasteiger partial charge >= 0.3 is 6.09 Å². The third kappa shape index (κ3) is 6.54. The van der Waals surface area contributed by atoms with E-state index in [1.54, 1.807) is 19.2 Å². The third-order valence-corrected chi connectivity index (χ3v) is 7.90. The Morgan fingerprint density at radius 3 is 2.71 bits per heavy atom. The quantitative estimate of drug-likeness (QED) is 0.254. The monoisotopic (exact) mass is 572 g/mol. The van der Waals surface area contributed by atoms with E-state index in [2.05, 4.69) is 51.8 Å². The number of carbonyl (C=O) groups is 1. The topological polar surface area (TPSA) is 143 Å². The number of piperidine rings is 1. The molecular weight excluding hydrogens is 536 g/mol. The molecule has 0 unspecified atom stereocenters. The average Bonchev–Trinajstić information content (AvgIpc) is 3.68. The van der Waals surface area contributed by atoms with Gasteiger partial charge in [-0.25, -0.2) is 9.78 Å². The second kappa shape index (κ2) is 12.6. The van der Waals surface area contributed by atoms with Crippen molar-refractivity contribution in [2.24, 2.45) is 0 Å². The summed E-state index contributed by atoms with van der Waals surface area (Å²) in [6.45, 7) is 3.70. The first-order chi connectivity index (χ1) is 20.5. The van der Waals surface area contributed by atoms with Gasteiger partial charge in [-0.15, -0.1) is 0 Å². The van der Waals surface area contributed by atoms with Crippen LogP contribution in [-0.2, 0) is 4.74 Å². The maximum atomic E-state index is 11.6. The number of methoxy groups -OCH3 is 1. The number of benzene rings is 1. The van der Waals surface area contributed by atoms with Crippen LogP contribution in [0.25, 0.3) is 22.8 Å². The molecule has 0 spiro atoms. The van der Waals surface area contributed by atoms with Gasteiger partial charge in [0.1, 0.15) is 5.69 Å². The molecule has 1 aromatic carbocycles. The van der Waals surface area contributed by atoms with Gasteiger partial charge in [0.15, 0.2) is 5.76 Å². The molecule has 0 radical (unpaired) electrons. The number of nitrogens with zero attached hydrogens (tertiary/aromatic N) is 5. The SMILES string of the molecule is COC(=O)Nc1cccc(-c2cnc(N[C@@H]3CCCC[C@H]3N[C@H]3CCCN(c4ccc(-c5noc(C)n5)nc4)C3)o2)c1. The van der Waals surface area contributed by atoms with E-state index < -0.39 is 6.09 Å². The van der Waals surface area contributed by atoms with Gasteiger partial charge in [-0.2, -0.15) is 4.98 Å². The van der Waals surface area contributed by atoms with Crippen LogP contribution in [0.3, 0.4) is 0 Å². The minimum absolute atomic E-state index is 0.215. The minimum atomic E-state index is -0.519. The smallest absolute Gasteiger partial charge is 0.411 e. The molecule has 6 rings (SSSR count). The summed E-state index contributed by atoms with van der Waals surface area (Å²) >= 11 is 0. The fourth-order valence-corrected chi connectivity index (χ4v) is 5.81. The fourth-order valence-electron chi connectivity index (χ4n) is 5.81. The van der Waals surface area contributed by atoms with E-state index in [-0.39, 0.29) is 6.04 Å². The van der Waals surface area contributed by atoms with Crippen LogP contribution < -0.4 is 20.9 Å². The van der Waals surface area contributed by atoms with Crippen LogP contribution in [0.1, 0.15) is 44.4 Å². The van der Waals surface area contributed by atoms with Gasteiger partial charge in [-0.3, -0.25) is 10.3 Å². The molecule has 1 saturated heterocycles. The van der Waals surface area contributed by atoms with E-state index in [0.717, 1.165) is 50.0 Å². The number of aryl methyl sites for hydroxylation is 1. The largest absolute Gasteiger partial charge is 0.453 e. The number of rotatable bonds is 8. The lowest BCUT2D eigenvalue weighted by atomic mass is 9.89. The van der Waals surface area contributed by atoms with E-state index in [4.69, 9.17) is 8.94 Å². The second-order valence-electron chi connectivity index (χ2n) is 10.9. The van der Waals surface area contributed by atoms with Gasteiger partial charge < -0.3 is 29.2 Å². The summed E-state index contributed by atoms with van der Waals surface area (Å²) in [4.78, 5) is 27.3. The second-order valence-corrected chi connectivity index (χ2v) is 10.9. The van der Waals surface area contributed by atoms with E-state index in [1.807, 2.05) is 30.5 Å². The number of carbonyl (C=O) groups excluding carboxylic acids is 1. The van der Waals surface area contributed by atoms with E-state index in [0.29, 0.717) is 47.0 Å². The summed E-state index contributed by atoms with van der Waals surface area (Å²) in [6.07, 6.45) is 9.85. The van der Waals surface area contributed by atoms with Crippen LogP contribution in [0.4, 0.5) is 22.2 Å². The number of hydrogen-bond acceptors (Lipinski definition) is 11. The lowest BCUT2D eigenvalue weighted by Gasteiger charge is -2.40. The first-order valence-electron chi connectivity index (χ1n) is 14.5. The van der Waals surface area contributed by atoms with Gasteiger partial charge in [-0.05, 0) is 49.9 Å². The molecule has 2 aliphatic rings. The summed E-state index contributed by atoms with van der Waals surface area (Å²) in [5.74, 6) is 1.66. The molecular formula is C30H36N8O4. The lowest BCUT2D eigenvalue weighted by molar-refractivity contribution is 0.187. The van der Waals surface area contributed by atoms with Crippen molar-refractivity contribution < 1.29 is 18.5 Å². The first-order valence-corrected chi connectivity index (χ1v) is 14.5. The Bertz CT molecular complexity index is 1490. The Morgan fingerprint density at radius 2 is 1.93 bits per heavy atom. The number of aromatic nitrogens is 4. The van der Waals surface area contributed by atoms with Crippen molar-refractivity contribution >= 4 is 23.5 Å². The standard InChI is InChI=1S/C30H36N8O4/c1-19-33-28(37-42-19)26-13-12-23(16-31-26)38-14-6-9-22(18-38)34-24-10-3-4-11-25(24)36-29-32-17-27(41-29)20-7-5-8-21(15-20)35-30(39)40-2/h5,7-8,12-13,15-17,22,24-25,34H,3-4,6,9-11,14,18H2,1-2H3,(H,32,36)(H,35,39)/t22-,24+,25+/m0/s1. The van der Waals surface area contributed by atoms with Crippen LogP contribution in [0.15, 0.2) is 57.7 Å². The molecule has 12 heteroatoms. The van der Waals surface area contributed by atoms with Crippen molar-refractivity contribution in [3.8, 4) is 22.8 Å². The molecule has 4 heterocycles. The molecule has 3 atom stereocenters. The van der Waals surface area contributed by atoms with Crippen molar-refractivity contribution in [2.75, 3.05) is 35.7 Å². The molecule has 0 bridgehead atoms. The molecule has 12 nitrogen and oxygen atoms in total. The number of ether oxygens (including phenoxy) is 1. The number of amides is 1. The number of pyridine rings is 1. The molecule has 4 aromatic rings. The average molecular weight is 573 g/mol. The maximum Gasteiger partial charge on any atom is 0.411 e. The van der Waals surface area contributed by atoms with Crippen molar-refractivity contribution in [1.29, 1.82) is 0 Å². The van der Waals surface area contributed by atoms with Gasteiger partial charge in [0, 0.05) is 49.4 Å². The van der Waals surface area contributed by atoms with Gasteiger partial charge in [0.05, 0.1) is 25.2 Å². The van der Waals surface area contributed by atoms with Crippen molar-refractivity contribution in [3.05, 3.63) is 54.7 Å². The first kappa shape index (κ1) is 27.7. The molecule has 1 saturated carbocycles. The molecule has 1 aliphatic heterocycles. The number of oxazole rings is 1. The van der Waals surface area contributed by atoms with E-state index in [1.165, 1.54) is 20.0 Å². The Balaban J connectivity index is 1.07. The lowest BCUT2D eigenvalue weighted by Crippen LogP contribution is -2.54. The molecule has 220 valence electrons. The Kier molecular flexibility index (Phi) is 8.31. The summed E-state index contributed by atoms with van der Waals surface area (Å²) in [6, 6.07) is 12.8. The van der Waals surface area contributed by atoms with Crippen molar-refractivity contribution in [1.82, 2.24) is 25.4 Å². The minimum Gasteiger partial charge on any atom is -0.453 e. The van der Waals surface area contributed by atoms with Gasteiger partial charge in [0.25, 0.3) is 6.01 Å². The number of hydrogen-bond donors (Lipinski definition) is 3. The van der Waals surface area contributed by atoms with Crippen molar-refractivity contribution in [3.63, 3.8) is 0 Å². The zero-order chi connectivity index (χ0) is 28.9. The predicted octanol–water partition coefficient (Wildman–Crippen LogP) is 5.26. The van der Waals surface area contributed by atoms with Crippen LogP contribution >= 0.6 is 0 Å². The normalized spacial score (nSPS) is 20.7. The molecule has 1 amide bonds. The van der Waals surface area contributed by atoms with E-state index in [9.17, 15) is 4.79 Å². The van der Waals surface area contributed by atoms with Crippen LogP contribution in [0.2, 0.25) is 0 Å². The highest BCUT2D eigenvalue weighted by Crippen LogP contribution is 2.29. The molecule has 42 heavy (non-hydrogen) atoms. The van der Waals surface area contributed by atoms with Gasteiger partial charge in [-0.1, -0.05) is 30.1 Å². The molecule has 3 N–H and O–H groups in total. The van der Waals surface area contributed by atoms with E-state index >= 15 is 0 Å². The Morgan fingerprint density at radius 1 is 1.05 bits per heavy atom. The number of nitrogens with one attached hydrogen (secondary N) is 3. The fraction of sp³-hybridized carbons (Fsp3) is 0.433. The zero-order valence-corrected chi connectivity index (χ0v) is 23.9. The Labute approximate surface area is 244 Å². The highest BCUT2D eigenvalue weighted by atomic mass is 16.5. The predicted molar refractivity (Wildman–Crippen MR) is 158 cm³/mol. The maximum absolute atomic E-state index is 11.6. The van der Waals surface area contributed by atoms with Crippen molar-refractivity contribution in [2.45, 2.75) is 63.6 Å². The summed E-state index contributed by atoms with van der Waals surface area (Å²) in [7, 11) is 1.33. The highest BCUT2D eigenvalue weighted by Gasteiger charge is 2.30. The van der Waals surface area contributed by atoms with Crippen LogP contribution in [0, 0.1) is 6.92 Å². The summed E-state index contributed by atoms with van der Waals surface area (Å²) in [5, 5.41) is 14.2. The highest BCUT2D eigenvalue weighted by molar-refractivity contribution is 5.85. The molecule has 1 aliphatic carbocycles. The zero-order valence-electron chi connectivity index (χ0n) is 23.9.